The highest BCUT2D eigenvalue weighted by molar-refractivity contribution is 5.84. The van der Waals surface area contributed by atoms with Crippen LogP contribution in [0.1, 0.15) is 32.6 Å². The molecular formula is C12H20N2O3. The number of carbonyl (C=O) groups is 2. The van der Waals surface area contributed by atoms with E-state index in [0.29, 0.717) is 12.6 Å². The summed E-state index contributed by atoms with van der Waals surface area (Å²) in [6, 6.07) is 0.346. The zero-order valence-corrected chi connectivity index (χ0v) is 10.3. The summed E-state index contributed by atoms with van der Waals surface area (Å²) in [5.41, 5.74) is 0. The molecule has 0 aromatic carbocycles. The number of carbonyl (C=O) groups excluding carboxylic acids is 2. The van der Waals surface area contributed by atoms with E-state index in [4.69, 9.17) is 4.74 Å². The maximum absolute atomic E-state index is 11.6. The summed E-state index contributed by atoms with van der Waals surface area (Å²) >= 11 is 0. The van der Waals surface area contributed by atoms with Gasteiger partial charge in [-0.25, -0.2) is 0 Å². The molecule has 1 heterocycles. The zero-order valence-electron chi connectivity index (χ0n) is 10.3. The first-order valence-electron chi connectivity index (χ1n) is 6.31. The van der Waals surface area contributed by atoms with E-state index in [1.165, 1.54) is 6.92 Å². The molecule has 0 aromatic heterocycles. The van der Waals surface area contributed by atoms with Crippen molar-refractivity contribution in [3.05, 3.63) is 0 Å². The number of ether oxygens (including phenoxy) is 1. The lowest BCUT2D eigenvalue weighted by atomic mass is 10.2. The Kier molecular flexibility index (Phi) is 3.99. The van der Waals surface area contributed by atoms with Gasteiger partial charge in [0.15, 0.2) is 0 Å². The lowest BCUT2D eigenvalue weighted by molar-refractivity contribution is -0.135. The Morgan fingerprint density at radius 3 is 2.65 bits per heavy atom. The smallest absolute Gasteiger partial charge is 0.239 e. The van der Waals surface area contributed by atoms with Crippen LogP contribution in [-0.2, 0) is 14.3 Å². The molecule has 1 aliphatic heterocycles. The van der Waals surface area contributed by atoms with E-state index in [-0.39, 0.29) is 24.5 Å². The Morgan fingerprint density at radius 1 is 1.35 bits per heavy atom. The minimum absolute atomic E-state index is 0.0549. The Labute approximate surface area is 101 Å². The molecule has 1 saturated carbocycles. The molecule has 96 valence electrons. The first-order valence-corrected chi connectivity index (χ1v) is 6.31. The Bertz CT molecular complexity index is 296. The first kappa shape index (κ1) is 12.4. The normalized spacial score (nSPS) is 23.5. The van der Waals surface area contributed by atoms with Gasteiger partial charge in [-0.05, 0) is 25.7 Å². The lowest BCUT2D eigenvalue weighted by Gasteiger charge is -2.23. The molecular weight excluding hydrogens is 220 g/mol. The van der Waals surface area contributed by atoms with Crippen LogP contribution < -0.4 is 5.32 Å². The maximum Gasteiger partial charge on any atom is 0.239 e. The molecule has 0 radical (unpaired) electrons. The number of nitrogens with one attached hydrogen (secondary N) is 1. The average Bonchev–Trinajstić information content (AvgIpc) is 2.92. The molecule has 0 bridgehead atoms. The SMILES string of the molecule is CC(=O)N(CC(=O)NC1CC1)CC1CCCO1. The molecule has 1 unspecified atom stereocenters. The summed E-state index contributed by atoms with van der Waals surface area (Å²) in [6.45, 7) is 2.96. The predicted molar refractivity (Wildman–Crippen MR) is 62.4 cm³/mol. The van der Waals surface area contributed by atoms with Crippen LogP contribution in [-0.4, -0.2) is 48.6 Å². The van der Waals surface area contributed by atoms with Gasteiger partial charge in [0.1, 0.15) is 0 Å². The third kappa shape index (κ3) is 4.00. The van der Waals surface area contributed by atoms with Gasteiger partial charge in [-0.3, -0.25) is 9.59 Å². The van der Waals surface area contributed by atoms with Gasteiger partial charge in [-0.2, -0.15) is 0 Å². The van der Waals surface area contributed by atoms with Crippen molar-refractivity contribution in [2.45, 2.75) is 44.8 Å². The minimum Gasteiger partial charge on any atom is -0.376 e. The van der Waals surface area contributed by atoms with Crippen molar-refractivity contribution in [3.8, 4) is 0 Å². The number of nitrogens with zero attached hydrogens (tertiary/aromatic N) is 1. The standard InChI is InChI=1S/C12H20N2O3/c1-9(15)14(7-11-3-2-6-17-11)8-12(16)13-10-4-5-10/h10-11H,2-8H2,1H3,(H,13,16). The van der Waals surface area contributed by atoms with Crippen molar-refractivity contribution in [1.29, 1.82) is 0 Å². The summed E-state index contributed by atoms with van der Waals surface area (Å²) in [4.78, 5) is 24.7. The van der Waals surface area contributed by atoms with E-state index in [1.807, 2.05) is 0 Å². The number of hydrogen-bond acceptors (Lipinski definition) is 3. The Morgan fingerprint density at radius 2 is 2.12 bits per heavy atom. The van der Waals surface area contributed by atoms with Gasteiger partial charge in [0.2, 0.25) is 11.8 Å². The maximum atomic E-state index is 11.6. The van der Waals surface area contributed by atoms with Gasteiger partial charge in [0.05, 0.1) is 12.6 Å². The molecule has 5 heteroatoms. The highest BCUT2D eigenvalue weighted by Gasteiger charge is 2.26. The molecule has 1 N–H and O–H groups in total. The average molecular weight is 240 g/mol. The highest BCUT2D eigenvalue weighted by Crippen LogP contribution is 2.18. The van der Waals surface area contributed by atoms with Crippen LogP contribution in [0.2, 0.25) is 0 Å². The molecule has 17 heavy (non-hydrogen) atoms. The third-order valence-corrected chi connectivity index (χ3v) is 3.17. The molecule has 5 nitrogen and oxygen atoms in total. The second kappa shape index (κ2) is 5.49. The van der Waals surface area contributed by atoms with Gasteiger partial charge >= 0.3 is 0 Å². The largest absolute Gasteiger partial charge is 0.376 e. The fourth-order valence-electron chi connectivity index (χ4n) is 2.01. The number of amides is 2. The molecule has 1 aliphatic carbocycles. The molecule has 0 spiro atoms. The predicted octanol–water partition coefficient (Wildman–Crippen LogP) is 0.293. The van der Waals surface area contributed by atoms with Crippen LogP contribution in [0.3, 0.4) is 0 Å². The third-order valence-electron chi connectivity index (χ3n) is 3.17. The van der Waals surface area contributed by atoms with Gasteiger partial charge in [-0.15, -0.1) is 0 Å². The van der Waals surface area contributed by atoms with Crippen molar-refractivity contribution in [2.24, 2.45) is 0 Å². The van der Waals surface area contributed by atoms with Crippen LogP contribution >= 0.6 is 0 Å². The molecule has 2 amide bonds. The lowest BCUT2D eigenvalue weighted by Crippen LogP contribution is -2.43. The first-order chi connectivity index (χ1) is 8.15. The second-order valence-electron chi connectivity index (χ2n) is 4.88. The quantitative estimate of drug-likeness (QED) is 0.751. The number of hydrogen-bond donors (Lipinski definition) is 1. The summed E-state index contributed by atoms with van der Waals surface area (Å²) in [5.74, 6) is -0.118. The topological polar surface area (TPSA) is 58.6 Å². The van der Waals surface area contributed by atoms with Crippen molar-refractivity contribution < 1.29 is 14.3 Å². The zero-order chi connectivity index (χ0) is 12.3. The van der Waals surface area contributed by atoms with Crippen LogP contribution in [0.4, 0.5) is 0 Å². The van der Waals surface area contributed by atoms with E-state index in [9.17, 15) is 9.59 Å². The highest BCUT2D eigenvalue weighted by atomic mass is 16.5. The molecule has 2 fully saturated rings. The molecule has 1 saturated heterocycles. The van der Waals surface area contributed by atoms with E-state index >= 15 is 0 Å². The van der Waals surface area contributed by atoms with E-state index in [1.54, 1.807) is 4.90 Å². The monoisotopic (exact) mass is 240 g/mol. The molecule has 1 atom stereocenters. The van der Waals surface area contributed by atoms with Crippen LogP contribution in [0.25, 0.3) is 0 Å². The fourth-order valence-corrected chi connectivity index (χ4v) is 2.01. The Balaban J connectivity index is 1.78. The van der Waals surface area contributed by atoms with Gasteiger partial charge in [-0.1, -0.05) is 0 Å². The summed E-state index contributed by atoms with van der Waals surface area (Å²) in [5, 5.41) is 2.89. The van der Waals surface area contributed by atoms with Crippen molar-refractivity contribution in [2.75, 3.05) is 19.7 Å². The molecule has 2 aliphatic rings. The van der Waals surface area contributed by atoms with Crippen LogP contribution in [0, 0.1) is 0 Å². The molecule has 0 aromatic rings. The van der Waals surface area contributed by atoms with Gasteiger partial charge < -0.3 is 15.0 Å². The van der Waals surface area contributed by atoms with E-state index in [0.717, 1.165) is 32.3 Å². The summed E-state index contributed by atoms with van der Waals surface area (Å²) in [7, 11) is 0. The van der Waals surface area contributed by atoms with Gasteiger partial charge in [0.25, 0.3) is 0 Å². The van der Waals surface area contributed by atoms with Crippen molar-refractivity contribution >= 4 is 11.8 Å². The summed E-state index contributed by atoms with van der Waals surface area (Å²) < 4.78 is 5.48. The number of rotatable bonds is 5. The van der Waals surface area contributed by atoms with Crippen LogP contribution in [0.15, 0.2) is 0 Å². The minimum atomic E-state index is -0.0635. The van der Waals surface area contributed by atoms with Crippen LogP contribution in [0.5, 0.6) is 0 Å². The van der Waals surface area contributed by atoms with Crippen molar-refractivity contribution in [3.63, 3.8) is 0 Å². The van der Waals surface area contributed by atoms with E-state index < -0.39 is 0 Å². The fraction of sp³-hybridized carbons (Fsp3) is 0.833. The summed E-state index contributed by atoms with van der Waals surface area (Å²) in [6.07, 6.45) is 4.26. The van der Waals surface area contributed by atoms with E-state index in [2.05, 4.69) is 5.32 Å². The molecule has 2 rings (SSSR count). The Hall–Kier alpha value is -1.10. The second-order valence-corrected chi connectivity index (χ2v) is 4.88. The van der Waals surface area contributed by atoms with Crippen molar-refractivity contribution in [1.82, 2.24) is 10.2 Å². The van der Waals surface area contributed by atoms with Gasteiger partial charge in [0, 0.05) is 26.1 Å².